The third-order valence-electron chi connectivity index (χ3n) is 3.29. The van der Waals surface area contributed by atoms with E-state index in [0.717, 1.165) is 4.90 Å². The molecule has 0 aliphatic carbocycles. The molecule has 0 saturated carbocycles. The molecular weight excluding hydrogens is 288 g/mol. The van der Waals surface area contributed by atoms with Gasteiger partial charge in [-0.15, -0.1) is 0 Å². The van der Waals surface area contributed by atoms with Crippen molar-refractivity contribution in [3.8, 4) is 5.75 Å². The first kappa shape index (κ1) is 15.7. The molecule has 0 bridgehead atoms. The molecule has 7 nitrogen and oxygen atoms in total. The second kappa shape index (κ2) is 5.97. The standard InChI is InChI=1S/C15H16N2O5/c1-9(2)17-14(20)13(19)16(15(17)21)8-12(18)10-5-4-6-11(7-10)22-3/h4-7,9H,8H2,1-3H3. The maximum absolute atomic E-state index is 12.2. The van der Waals surface area contributed by atoms with Crippen LogP contribution in [0.2, 0.25) is 0 Å². The average molecular weight is 304 g/mol. The van der Waals surface area contributed by atoms with Gasteiger partial charge in [-0.05, 0) is 26.0 Å². The smallest absolute Gasteiger partial charge is 0.334 e. The van der Waals surface area contributed by atoms with E-state index in [0.29, 0.717) is 16.2 Å². The van der Waals surface area contributed by atoms with Crippen molar-refractivity contribution in [1.82, 2.24) is 9.80 Å². The minimum atomic E-state index is -0.977. The van der Waals surface area contributed by atoms with Crippen LogP contribution in [0.3, 0.4) is 0 Å². The summed E-state index contributed by atoms with van der Waals surface area (Å²) < 4.78 is 5.02. The van der Waals surface area contributed by atoms with Crippen LogP contribution in [0.1, 0.15) is 24.2 Å². The molecule has 0 radical (unpaired) electrons. The lowest BCUT2D eigenvalue weighted by Gasteiger charge is -2.18. The summed E-state index contributed by atoms with van der Waals surface area (Å²) in [5.41, 5.74) is 0.301. The highest BCUT2D eigenvalue weighted by molar-refractivity contribution is 6.45. The van der Waals surface area contributed by atoms with Crippen LogP contribution in [-0.4, -0.2) is 53.1 Å². The van der Waals surface area contributed by atoms with Crippen LogP contribution in [0.5, 0.6) is 5.75 Å². The fourth-order valence-corrected chi connectivity index (χ4v) is 2.15. The lowest BCUT2D eigenvalue weighted by Crippen LogP contribution is -2.39. The predicted octanol–water partition coefficient (Wildman–Crippen LogP) is 1.08. The molecule has 2 rings (SSSR count). The van der Waals surface area contributed by atoms with Gasteiger partial charge in [-0.25, -0.2) is 9.69 Å². The number of urea groups is 1. The summed E-state index contributed by atoms with van der Waals surface area (Å²) in [6.45, 7) is 2.77. The normalized spacial score (nSPS) is 15.0. The molecule has 0 spiro atoms. The molecular formula is C15H16N2O5. The number of hydrogen-bond donors (Lipinski definition) is 0. The van der Waals surface area contributed by atoms with E-state index < -0.39 is 36.2 Å². The number of benzene rings is 1. The summed E-state index contributed by atoms with van der Waals surface area (Å²) in [5, 5.41) is 0. The molecule has 7 heteroatoms. The Balaban J connectivity index is 2.19. The lowest BCUT2D eigenvalue weighted by atomic mass is 10.1. The Morgan fingerprint density at radius 1 is 1.18 bits per heavy atom. The van der Waals surface area contributed by atoms with Crippen molar-refractivity contribution in [2.45, 2.75) is 19.9 Å². The van der Waals surface area contributed by atoms with Crippen molar-refractivity contribution in [2.75, 3.05) is 13.7 Å². The van der Waals surface area contributed by atoms with Crippen molar-refractivity contribution in [2.24, 2.45) is 0 Å². The molecule has 0 unspecified atom stereocenters. The van der Waals surface area contributed by atoms with Crippen LogP contribution in [-0.2, 0) is 9.59 Å². The highest BCUT2D eigenvalue weighted by Crippen LogP contribution is 2.18. The number of Topliss-reactive ketones (excluding diaryl/α,β-unsaturated/α-hetero) is 1. The number of hydrogen-bond acceptors (Lipinski definition) is 5. The van der Waals surface area contributed by atoms with Crippen molar-refractivity contribution < 1.29 is 23.9 Å². The number of carbonyl (C=O) groups excluding carboxylic acids is 4. The predicted molar refractivity (Wildman–Crippen MR) is 76.4 cm³/mol. The molecule has 1 saturated heterocycles. The van der Waals surface area contributed by atoms with Gasteiger partial charge in [-0.1, -0.05) is 12.1 Å². The van der Waals surface area contributed by atoms with E-state index in [9.17, 15) is 19.2 Å². The van der Waals surface area contributed by atoms with Gasteiger partial charge in [0.15, 0.2) is 5.78 Å². The van der Waals surface area contributed by atoms with E-state index >= 15 is 0 Å². The summed E-state index contributed by atoms with van der Waals surface area (Å²) in [5.74, 6) is -1.84. The monoisotopic (exact) mass is 304 g/mol. The van der Waals surface area contributed by atoms with Crippen molar-refractivity contribution >= 4 is 23.6 Å². The Morgan fingerprint density at radius 2 is 1.86 bits per heavy atom. The summed E-state index contributed by atoms with van der Waals surface area (Å²) in [4.78, 5) is 49.4. The quantitative estimate of drug-likeness (QED) is 0.462. The molecule has 1 aliphatic heterocycles. The number of ketones is 1. The van der Waals surface area contributed by atoms with Gasteiger partial charge in [0, 0.05) is 11.6 Å². The average Bonchev–Trinajstić information content (AvgIpc) is 2.71. The number of carbonyl (C=O) groups is 4. The summed E-state index contributed by atoms with van der Waals surface area (Å²) in [6, 6.07) is 5.16. The molecule has 116 valence electrons. The third kappa shape index (κ3) is 2.69. The molecule has 22 heavy (non-hydrogen) atoms. The maximum Gasteiger partial charge on any atom is 0.334 e. The van der Waals surface area contributed by atoms with Crippen LogP contribution in [0.4, 0.5) is 4.79 Å². The van der Waals surface area contributed by atoms with Crippen LogP contribution >= 0.6 is 0 Å². The minimum Gasteiger partial charge on any atom is -0.497 e. The molecule has 1 aromatic carbocycles. The van der Waals surface area contributed by atoms with E-state index in [1.54, 1.807) is 32.0 Å². The molecule has 4 amide bonds. The zero-order valence-corrected chi connectivity index (χ0v) is 12.5. The van der Waals surface area contributed by atoms with Crippen LogP contribution in [0.25, 0.3) is 0 Å². The van der Waals surface area contributed by atoms with Gasteiger partial charge in [-0.2, -0.15) is 0 Å². The molecule has 1 aromatic rings. The Kier molecular flexibility index (Phi) is 4.25. The first-order chi connectivity index (χ1) is 10.4. The summed E-state index contributed by atoms with van der Waals surface area (Å²) >= 11 is 0. The molecule has 1 fully saturated rings. The lowest BCUT2D eigenvalue weighted by molar-refractivity contribution is -0.143. The third-order valence-corrected chi connectivity index (χ3v) is 3.29. The van der Waals surface area contributed by atoms with Crippen molar-refractivity contribution in [3.05, 3.63) is 29.8 Å². The fraction of sp³-hybridized carbons (Fsp3) is 0.333. The second-order valence-corrected chi connectivity index (χ2v) is 5.10. The largest absolute Gasteiger partial charge is 0.497 e. The topological polar surface area (TPSA) is 84.0 Å². The van der Waals surface area contributed by atoms with Crippen LogP contribution < -0.4 is 4.74 Å². The number of rotatable bonds is 5. The number of methoxy groups -OCH3 is 1. The maximum atomic E-state index is 12.2. The van der Waals surface area contributed by atoms with E-state index in [2.05, 4.69) is 0 Å². The first-order valence-electron chi connectivity index (χ1n) is 6.73. The Labute approximate surface area is 127 Å². The first-order valence-corrected chi connectivity index (χ1v) is 6.73. The Bertz CT molecular complexity index is 653. The SMILES string of the molecule is COc1cccc(C(=O)CN2C(=O)C(=O)N(C(C)C)C2=O)c1. The fourth-order valence-electron chi connectivity index (χ4n) is 2.15. The Morgan fingerprint density at radius 3 is 2.41 bits per heavy atom. The number of amides is 4. The number of ether oxygens (including phenoxy) is 1. The second-order valence-electron chi connectivity index (χ2n) is 5.10. The van der Waals surface area contributed by atoms with Crippen molar-refractivity contribution in [3.63, 3.8) is 0 Å². The van der Waals surface area contributed by atoms with Gasteiger partial charge >= 0.3 is 17.8 Å². The van der Waals surface area contributed by atoms with E-state index in [-0.39, 0.29) is 0 Å². The van der Waals surface area contributed by atoms with Gasteiger partial charge in [0.05, 0.1) is 13.7 Å². The zero-order chi connectivity index (χ0) is 16.4. The number of nitrogens with zero attached hydrogens (tertiary/aromatic N) is 2. The van der Waals surface area contributed by atoms with Gasteiger partial charge in [0.25, 0.3) is 0 Å². The molecule has 1 heterocycles. The minimum absolute atomic E-state index is 0.301. The van der Waals surface area contributed by atoms with Gasteiger partial charge in [0.1, 0.15) is 5.75 Å². The molecule has 0 N–H and O–H groups in total. The van der Waals surface area contributed by atoms with Gasteiger partial charge < -0.3 is 4.74 Å². The van der Waals surface area contributed by atoms with E-state index in [1.165, 1.54) is 13.2 Å². The number of imide groups is 2. The highest BCUT2D eigenvalue weighted by atomic mass is 16.5. The van der Waals surface area contributed by atoms with E-state index in [4.69, 9.17) is 4.74 Å². The summed E-state index contributed by atoms with van der Waals surface area (Å²) in [6.07, 6.45) is 0. The molecule has 0 aromatic heterocycles. The zero-order valence-electron chi connectivity index (χ0n) is 12.5. The molecule has 0 atom stereocenters. The van der Waals surface area contributed by atoms with Gasteiger partial charge in [0.2, 0.25) is 0 Å². The van der Waals surface area contributed by atoms with Crippen LogP contribution in [0, 0.1) is 0 Å². The van der Waals surface area contributed by atoms with E-state index in [1.807, 2.05) is 0 Å². The summed E-state index contributed by atoms with van der Waals surface area (Å²) in [7, 11) is 1.47. The van der Waals surface area contributed by atoms with Crippen molar-refractivity contribution in [1.29, 1.82) is 0 Å². The highest BCUT2D eigenvalue weighted by Gasteiger charge is 2.46. The molecule has 1 aliphatic rings. The Hall–Kier alpha value is -2.70. The van der Waals surface area contributed by atoms with Crippen LogP contribution in [0.15, 0.2) is 24.3 Å². The van der Waals surface area contributed by atoms with Gasteiger partial charge in [-0.3, -0.25) is 19.3 Å².